The SMILES string of the molecule is CCCCCc1cnc(-c2ccc(OC)cc2)cn1. The van der Waals surface area contributed by atoms with Gasteiger partial charge in [-0.15, -0.1) is 0 Å². The topological polar surface area (TPSA) is 35.0 Å². The summed E-state index contributed by atoms with van der Waals surface area (Å²) in [7, 11) is 1.67. The number of aromatic nitrogens is 2. The molecule has 0 amide bonds. The first-order chi connectivity index (χ1) is 9.33. The van der Waals surface area contributed by atoms with Crippen molar-refractivity contribution in [1.82, 2.24) is 9.97 Å². The number of hydrogen-bond donors (Lipinski definition) is 0. The third-order valence-corrected chi connectivity index (χ3v) is 3.13. The maximum absolute atomic E-state index is 5.14. The summed E-state index contributed by atoms with van der Waals surface area (Å²) in [6.45, 7) is 2.21. The summed E-state index contributed by atoms with van der Waals surface area (Å²) < 4.78 is 5.14. The number of nitrogens with zero attached hydrogens (tertiary/aromatic N) is 2. The van der Waals surface area contributed by atoms with Crippen LogP contribution in [0, 0.1) is 0 Å². The van der Waals surface area contributed by atoms with E-state index in [1.807, 2.05) is 36.7 Å². The molecule has 19 heavy (non-hydrogen) atoms. The quantitative estimate of drug-likeness (QED) is 0.735. The van der Waals surface area contributed by atoms with Crippen LogP contribution in [0.25, 0.3) is 11.3 Å². The van der Waals surface area contributed by atoms with E-state index in [0.29, 0.717) is 0 Å². The number of benzene rings is 1. The van der Waals surface area contributed by atoms with Crippen LogP contribution < -0.4 is 4.74 Å². The van der Waals surface area contributed by atoms with E-state index in [4.69, 9.17) is 4.74 Å². The molecule has 0 fully saturated rings. The Labute approximate surface area is 114 Å². The number of hydrogen-bond acceptors (Lipinski definition) is 3. The Kier molecular flexibility index (Phi) is 4.90. The normalized spacial score (nSPS) is 10.4. The smallest absolute Gasteiger partial charge is 0.118 e. The predicted octanol–water partition coefficient (Wildman–Crippen LogP) is 3.88. The zero-order valence-electron chi connectivity index (χ0n) is 11.6. The number of methoxy groups -OCH3 is 1. The minimum absolute atomic E-state index is 0.855. The molecule has 1 aromatic carbocycles. The zero-order chi connectivity index (χ0) is 13.5. The molecule has 0 bridgehead atoms. The molecular weight excluding hydrogens is 236 g/mol. The molecule has 3 heteroatoms. The minimum atomic E-state index is 0.855. The number of unbranched alkanes of at least 4 members (excludes halogenated alkanes) is 2. The van der Waals surface area contributed by atoms with Gasteiger partial charge < -0.3 is 4.74 Å². The molecule has 0 atom stereocenters. The molecule has 1 aromatic heterocycles. The fourth-order valence-electron chi connectivity index (χ4n) is 1.95. The summed E-state index contributed by atoms with van der Waals surface area (Å²) >= 11 is 0. The maximum atomic E-state index is 5.14. The first-order valence-corrected chi connectivity index (χ1v) is 6.79. The van der Waals surface area contributed by atoms with Crippen LogP contribution in [0.3, 0.4) is 0 Å². The van der Waals surface area contributed by atoms with Gasteiger partial charge in [0.2, 0.25) is 0 Å². The van der Waals surface area contributed by atoms with E-state index >= 15 is 0 Å². The fraction of sp³-hybridized carbons (Fsp3) is 0.375. The van der Waals surface area contributed by atoms with Crippen molar-refractivity contribution in [3.63, 3.8) is 0 Å². The molecule has 3 nitrogen and oxygen atoms in total. The molecule has 2 rings (SSSR count). The van der Waals surface area contributed by atoms with Crippen molar-refractivity contribution in [2.24, 2.45) is 0 Å². The average Bonchev–Trinajstić information content (AvgIpc) is 2.48. The lowest BCUT2D eigenvalue weighted by atomic mass is 10.1. The molecule has 0 unspecified atom stereocenters. The highest BCUT2D eigenvalue weighted by Gasteiger charge is 2.01. The largest absolute Gasteiger partial charge is 0.497 e. The highest BCUT2D eigenvalue weighted by atomic mass is 16.5. The lowest BCUT2D eigenvalue weighted by Crippen LogP contribution is -1.93. The van der Waals surface area contributed by atoms with Gasteiger partial charge in [-0.25, -0.2) is 0 Å². The Morgan fingerprint density at radius 3 is 2.37 bits per heavy atom. The second-order valence-electron chi connectivity index (χ2n) is 4.58. The first-order valence-electron chi connectivity index (χ1n) is 6.79. The van der Waals surface area contributed by atoms with Crippen molar-refractivity contribution in [2.45, 2.75) is 32.6 Å². The van der Waals surface area contributed by atoms with Crippen LogP contribution >= 0.6 is 0 Å². The van der Waals surface area contributed by atoms with Gasteiger partial charge >= 0.3 is 0 Å². The Balaban J connectivity index is 2.04. The van der Waals surface area contributed by atoms with Gasteiger partial charge in [-0.05, 0) is 37.1 Å². The number of aryl methyl sites for hydroxylation is 1. The molecule has 0 saturated carbocycles. The second kappa shape index (κ2) is 6.88. The summed E-state index contributed by atoms with van der Waals surface area (Å²) in [6, 6.07) is 7.87. The number of ether oxygens (including phenoxy) is 1. The van der Waals surface area contributed by atoms with Crippen molar-refractivity contribution in [2.75, 3.05) is 7.11 Å². The molecule has 0 radical (unpaired) electrons. The molecule has 100 valence electrons. The van der Waals surface area contributed by atoms with Crippen LogP contribution in [-0.2, 0) is 6.42 Å². The Hall–Kier alpha value is -1.90. The van der Waals surface area contributed by atoms with E-state index in [1.54, 1.807) is 7.11 Å². The van der Waals surface area contributed by atoms with Crippen molar-refractivity contribution < 1.29 is 4.74 Å². The van der Waals surface area contributed by atoms with Gasteiger partial charge in [-0.2, -0.15) is 0 Å². The van der Waals surface area contributed by atoms with Gasteiger partial charge in [0, 0.05) is 11.8 Å². The minimum Gasteiger partial charge on any atom is -0.497 e. The Bertz CT molecular complexity index is 491. The summed E-state index contributed by atoms with van der Waals surface area (Å²) in [4.78, 5) is 8.96. The molecule has 0 aliphatic heterocycles. The third-order valence-electron chi connectivity index (χ3n) is 3.13. The van der Waals surface area contributed by atoms with Crippen LogP contribution in [-0.4, -0.2) is 17.1 Å². The van der Waals surface area contributed by atoms with E-state index < -0.39 is 0 Å². The van der Waals surface area contributed by atoms with E-state index in [2.05, 4.69) is 16.9 Å². The Morgan fingerprint density at radius 1 is 1.00 bits per heavy atom. The molecule has 2 aromatic rings. The van der Waals surface area contributed by atoms with Crippen LogP contribution in [0.5, 0.6) is 5.75 Å². The molecule has 0 aliphatic rings. The van der Waals surface area contributed by atoms with Crippen molar-refractivity contribution >= 4 is 0 Å². The van der Waals surface area contributed by atoms with Crippen molar-refractivity contribution in [3.05, 3.63) is 42.4 Å². The Morgan fingerprint density at radius 2 is 1.79 bits per heavy atom. The van der Waals surface area contributed by atoms with Gasteiger partial charge in [0.25, 0.3) is 0 Å². The van der Waals surface area contributed by atoms with E-state index in [-0.39, 0.29) is 0 Å². The van der Waals surface area contributed by atoms with Gasteiger partial charge in [0.05, 0.1) is 24.7 Å². The summed E-state index contributed by atoms with van der Waals surface area (Å²) in [5.74, 6) is 0.855. The highest BCUT2D eigenvalue weighted by Crippen LogP contribution is 2.19. The summed E-state index contributed by atoms with van der Waals surface area (Å²) in [5.41, 5.74) is 3.04. The molecule has 1 heterocycles. The van der Waals surface area contributed by atoms with Crippen LogP contribution in [0.15, 0.2) is 36.7 Å². The van der Waals surface area contributed by atoms with Crippen molar-refractivity contribution in [1.29, 1.82) is 0 Å². The van der Waals surface area contributed by atoms with E-state index in [1.165, 1.54) is 19.3 Å². The third kappa shape index (κ3) is 3.78. The monoisotopic (exact) mass is 256 g/mol. The van der Waals surface area contributed by atoms with Crippen LogP contribution in [0.4, 0.5) is 0 Å². The standard InChI is InChI=1S/C16H20N2O/c1-3-4-5-6-14-11-18-16(12-17-14)13-7-9-15(19-2)10-8-13/h7-12H,3-6H2,1-2H3. The first kappa shape index (κ1) is 13.5. The van der Waals surface area contributed by atoms with E-state index in [0.717, 1.165) is 29.1 Å². The molecular formula is C16H20N2O. The lowest BCUT2D eigenvalue weighted by molar-refractivity contribution is 0.415. The summed E-state index contributed by atoms with van der Waals surface area (Å²) in [5, 5.41) is 0. The molecule has 0 saturated heterocycles. The predicted molar refractivity (Wildman–Crippen MR) is 77.2 cm³/mol. The van der Waals surface area contributed by atoms with E-state index in [9.17, 15) is 0 Å². The lowest BCUT2D eigenvalue weighted by Gasteiger charge is -2.04. The molecule has 0 spiro atoms. The molecule has 0 N–H and O–H groups in total. The summed E-state index contributed by atoms with van der Waals surface area (Å²) in [6.07, 6.45) is 8.42. The van der Waals surface area contributed by atoms with Gasteiger partial charge in [-0.1, -0.05) is 19.8 Å². The second-order valence-corrected chi connectivity index (χ2v) is 4.58. The maximum Gasteiger partial charge on any atom is 0.118 e. The number of rotatable bonds is 6. The molecule has 0 aliphatic carbocycles. The van der Waals surface area contributed by atoms with Gasteiger partial charge in [-0.3, -0.25) is 9.97 Å². The van der Waals surface area contributed by atoms with Gasteiger partial charge in [0.1, 0.15) is 5.75 Å². The van der Waals surface area contributed by atoms with Gasteiger partial charge in [0.15, 0.2) is 0 Å². The zero-order valence-corrected chi connectivity index (χ0v) is 11.6. The highest BCUT2D eigenvalue weighted by molar-refractivity contribution is 5.58. The fourth-order valence-corrected chi connectivity index (χ4v) is 1.95. The van der Waals surface area contributed by atoms with Crippen molar-refractivity contribution in [3.8, 4) is 17.0 Å². The van der Waals surface area contributed by atoms with Crippen LogP contribution in [0.1, 0.15) is 31.9 Å². The average molecular weight is 256 g/mol. The van der Waals surface area contributed by atoms with Crippen LogP contribution in [0.2, 0.25) is 0 Å².